The number of benzene rings is 1. The first-order chi connectivity index (χ1) is 8.26. The van der Waals surface area contributed by atoms with Gasteiger partial charge in [-0.25, -0.2) is 0 Å². The molecule has 1 spiro atoms. The van der Waals surface area contributed by atoms with Gasteiger partial charge < -0.3 is 5.32 Å². The smallest absolute Gasteiger partial charge is 0.255 e. The molecule has 0 radical (unpaired) electrons. The fourth-order valence-electron chi connectivity index (χ4n) is 2.44. The van der Waals surface area contributed by atoms with Gasteiger partial charge in [0, 0.05) is 22.8 Å². The Hall–Kier alpha value is -0.610. The molecule has 0 aromatic heterocycles. The van der Waals surface area contributed by atoms with Crippen molar-refractivity contribution in [2.45, 2.75) is 23.8 Å². The van der Waals surface area contributed by atoms with Crippen LogP contribution in [0.15, 0.2) is 18.2 Å². The van der Waals surface area contributed by atoms with E-state index < -0.39 is 0 Å². The lowest BCUT2D eigenvalue weighted by Crippen LogP contribution is -2.24. The minimum absolute atomic E-state index is 0.161. The summed E-state index contributed by atoms with van der Waals surface area (Å²) in [5.74, 6) is 2.29. The van der Waals surface area contributed by atoms with E-state index in [-0.39, 0.29) is 9.99 Å². The number of amides is 1. The van der Waals surface area contributed by atoms with Crippen LogP contribution < -0.4 is 5.32 Å². The lowest BCUT2D eigenvalue weighted by molar-refractivity contribution is -0.116. The highest BCUT2D eigenvalue weighted by molar-refractivity contribution is 8.21. The van der Waals surface area contributed by atoms with Gasteiger partial charge >= 0.3 is 0 Å². The van der Waals surface area contributed by atoms with E-state index in [0.29, 0.717) is 0 Å². The average Bonchev–Trinajstić information content (AvgIpc) is 2.90. The molecule has 0 atom stereocenters. The second kappa shape index (κ2) is 4.25. The van der Waals surface area contributed by atoms with Crippen molar-refractivity contribution >= 4 is 35.1 Å². The number of thioether (sulfide) groups is 2. The fourth-order valence-corrected chi connectivity index (χ4v) is 5.53. The standard InChI is InChI=1S/C13H15NOS2/c1-2-3-9-4-5-11-10(8-9)13(12(15)14-11)16-6-7-17-13/h4-5,8H,2-3,6-7H2,1H3,(H,14,15). The van der Waals surface area contributed by atoms with Gasteiger partial charge in [0.15, 0.2) is 4.08 Å². The molecule has 0 unspecified atom stereocenters. The van der Waals surface area contributed by atoms with Crippen LogP contribution in [-0.2, 0) is 15.3 Å². The Balaban J connectivity index is 2.06. The number of carbonyl (C=O) groups is 1. The van der Waals surface area contributed by atoms with E-state index in [0.717, 1.165) is 30.0 Å². The first-order valence-corrected chi connectivity index (χ1v) is 7.96. The van der Waals surface area contributed by atoms with Crippen LogP contribution in [0, 0.1) is 0 Å². The Labute approximate surface area is 110 Å². The number of nitrogens with one attached hydrogen (secondary N) is 1. The third-order valence-corrected chi connectivity index (χ3v) is 6.62. The molecule has 1 amide bonds. The Morgan fingerprint density at radius 1 is 1.35 bits per heavy atom. The van der Waals surface area contributed by atoms with Crippen LogP contribution in [-0.4, -0.2) is 17.4 Å². The molecule has 17 heavy (non-hydrogen) atoms. The zero-order valence-electron chi connectivity index (χ0n) is 9.79. The van der Waals surface area contributed by atoms with E-state index in [1.165, 1.54) is 11.1 Å². The molecule has 2 nitrogen and oxygen atoms in total. The molecule has 2 aliphatic rings. The van der Waals surface area contributed by atoms with Gasteiger partial charge in [-0.3, -0.25) is 4.79 Å². The molecule has 0 saturated carbocycles. The van der Waals surface area contributed by atoms with Crippen LogP contribution in [0.2, 0.25) is 0 Å². The van der Waals surface area contributed by atoms with E-state index in [4.69, 9.17) is 0 Å². The number of hydrogen-bond donors (Lipinski definition) is 1. The Morgan fingerprint density at radius 2 is 2.12 bits per heavy atom. The van der Waals surface area contributed by atoms with Crippen LogP contribution >= 0.6 is 23.5 Å². The molecule has 1 aromatic carbocycles. The lowest BCUT2D eigenvalue weighted by Gasteiger charge is -2.19. The summed E-state index contributed by atoms with van der Waals surface area (Å²) < 4.78 is -0.348. The van der Waals surface area contributed by atoms with Crippen LogP contribution in [0.4, 0.5) is 5.69 Å². The van der Waals surface area contributed by atoms with Crippen LogP contribution in [0.3, 0.4) is 0 Å². The molecular weight excluding hydrogens is 250 g/mol. The summed E-state index contributed by atoms with van der Waals surface area (Å²) in [5.41, 5.74) is 3.55. The van der Waals surface area contributed by atoms with E-state index in [1.807, 2.05) is 0 Å². The molecule has 2 heterocycles. The van der Waals surface area contributed by atoms with Crippen molar-refractivity contribution in [3.8, 4) is 0 Å². The summed E-state index contributed by atoms with van der Waals surface area (Å²) in [6.07, 6.45) is 2.24. The maximum atomic E-state index is 12.2. The molecule has 2 aliphatic heterocycles. The maximum absolute atomic E-state index is 12.2. The molecular formula is C13H15NOS2. The summed E-state index contributed by atoms with van der Waals surface area (Å²) in [5, 5.41) is 3.02. The van der Waals surface area contributed by atoms with Gasteiger partial charge in [-0.1, -0.05) is 25.5 Å². The fraction of sp³-hybridized carbons (Fsp3) is 0.462. The second-order valence-electron chi connectivity index (χ2n) is 4.40. The van der Waals surface area contributed by atoms with E-state index in [2.05, 4.69) is 30.4 Å². The number of fused-ring (bicyclic) bond motifs is 2. The largest absolute Gasteiger partial charge is 0.323 e. The van der Waals surface area contributed by atoms with Crippen molar-refractivity contribution in [2.24, 2.45) is 0 Å². The van der Waals surface area contributed by atoms with Gasteiger partial charge in [0.25, 0.3) is 5.91 Å². The van der Waals surface area contributed by atoms with Gasteiger partial charge in [-0.15, -0.1) is 23.5 Å². The zero-order chi connectivity index (χ0) is 11.9. The van der Waals surface area contributed by atoms with Crippen molar-refractivity contribution < 1.29 is 4.79 Å². The molecule has 90 valence electrons. The molecule has 0 bridgehead atoms. The van der Waals surface area contributed by atoms with Crippen molar-refractivity contribution in [3.63, 3.8) is 0 Å². The van der Waals surface area contributed by atoms with Gasteiger partial charge in [-0.05, 0) is 18.1 Å². The van der Waals surface area contributed by atoms with E-state index in [9.17, 15) is 4.79 Å². The normalized spacial score (nSPS) is 20.6. The minimum Gasteiger partial charge on any atom is -0.323 e. The number of carbonyl (C=O) groups excluding carboxylic acids is 1. The predicted molar refractivity (Wildman–Crippen MR) is 75.7 cm³/mol. The van der Waals surface area contributed by atoms with Crippen molar-refractivity contribution in [3.05, 3.63) is 29.3 Å². The molecule has 0 aliphatic carbocycles. The first-order valence-electron chi connectivity index (χ1n) is 5.99. The maximum Gasteiger partial charge on any atom is 0.255 e. The highest BCUT2D eigenvalue weighted by Gasteiger charge is 2.50. The van der Waals surface area contributed by atoms with Gasteiger partial charge in [0.1, 0.15) is 0 Å². The zero-order valence-corrected chi connectivity index (χ0v) is 11.4. The molecule has 4 heteroatoms. The Bertz CT molecular complexity index is 466. The quantitative estimate of drug-likeness (QED) is 0.890. The highest BCUT2D eigenvalue weighted by atomic mass is 32.2. The number of anilines is 1. The summed E-state index contributed by atoms with van der Waals surface area (Å²) in [7, 11) is 0. The van der Waals surface area contributed by atoms with Crippen LogP contribution in [0.25, 0.3) is 0 Å². The second-order valence-corrected chi connectivity index (χ2v) is 7.27. The number of rotatable bonds is 2. The van der Waals surface area contributed by atoms with Crippen LogP contribution in [0.5, 0.6) is 0 Å². The minimum atomic E-state index is -0.348. The molecule has 1 saturated heterocycles. The Morgan fingerprint density at radius 3 is 2.82 bits per heavy atom. The lowest BCUT2D eigenvalue weighted by atomic mass is 10.0. The average molecular weight is 265 g/mol. The third-order valence-electron chi connectivity index (χ3n) is 3.22. The topological polar surface area (TPSA) is 29.1 Å². The monoisotopic (exact) mass is 265 g/mol. The van der Waals surface area contributed by atoms with Crippen molar-refractivity contribution in [1.29, 1.82) is 0 Å². The molecule has 1 fully saturated rings. The summed E-state index contributed by atoms with van der Waals surface area (Å²) >= 11 is 3.56. The van der Waals surface area contributed by atoms with E-state index >= 15 is 0 Å². The SMILES string of the molecule is CCCc1ccc2c(c1)C1(SCCS1)C(=O)N2. The first kappa shape index (κ1) is 11.5. The Kier molecular flexibility index (Phi) is 2.87. The number of hydrogen-bond acceptors (Lipinski definition) is 3. The summed E-state index contributed by atoms with van der Waals surface area (Å²) in [4.78, 5) is 12.2. The molecule has 3 rings (SSSR count). The summed E-state index contributed by atoms with van der Waals surface area (Å²) in [6, 6.07) is 6.42. The predicted octanol–water partition coefficient (Wildman–Crippen LogP) is 3.22. The van der Waals surface area contributed by atoms with E-state index in [1.54, 1.807) is 23.5 Å². The van der Waals surface area contributed by atoms with Gasteiger partial charge in [0.05, 0.1) is 0 Å². The van der Waals surface area contributed by atoms with Crippen LogP contribution in [0.1, 0.15) is 24.5 Å². The number of aryl methyl sites for hydroxylation is 1. The van der Waals surface area contributed by atoms with Gasteiger partial charge in [-0.2, -0.15) is 0 Å². The molecule has 1 N–H and O–H groups in total. The molecule has 1 aromatic rings. The van der Waals surface area contributed by atoms with Gasteiger partial charge in [0.2, 0.25) is 0 Å². The van der Waals surface area contributed by atoms with Crippen molar-refractivity contribution in [1.82, 2.24) is 0 Å². The van der Waals surface area contributed by atoms with Crippen molar-refractivity contribution in [2.75, 3.05) is 16.8 Å². The summed E-state index contributed by atoms with van der Waals surface area (Å²) in [6.45, 7) is 2.19. The third kappa shape index (κ3) is 1.69. The highest BCUT2D eigenvalue weighted by Crippen LogP contribution is 2.57.